The molecule has 0 unspecified atom stereocenters. The van der Waals surface area contributed by atoms with Crippen molar-refractivity contribution in [2.75, 3.05) is 57.7 Å². The highest BCUT2D eigenvalue weighted by Crippen LogP contribution is 2.13. The van der Waals surface area contributed by atoms with Gasteiger partial charge in [0.05, 0.1) is 11.4 Å². The van der Waals surface area contributed by atoms with Crippen LogP contribution in [0.15, 0.2) is 29.2 Å². The van der Waals surface area contributed by atoms with E-state index in [1.165, 1.54) is 24.3 Å². The van der Waals surface area contributed by atoms with Crippen LogP contribution < -0.4 is 10.5 Å². The summed E-state index contributed by atoms with van der Waals surface area (Å²) in [6, 6.07) is 5.78. The zero-order valence-corrected chi connectivity index (χ0v) is 17.4. The molecule has 0 spiro atoms. The summed E-state index contributed by atoms with van der Waals surface area (Å²) in [6.45, 7) is 6.24. The van der Waals surface area contributed by atoms with Crippen LogP contribution in [-0.4, -0.2) is 87.3 Å². The van der Waals surface area contributed by atoms with Gasteiger partial charge in [-0.15, -0.1) is 0 Å². The lowest BCUT2D eigenvalue weighted by molar-refractivity contribution is -0.131. The molecule has 3 N–H and O–H groups in total. The number of nitrogens with zero attached hydrogens (tertiary/aromatic N) is 3. The zero-order valence-electron chi connectivity index (χ0n) is 16.5. The Bertz CT molecular complexity index is 814. The van der Waals surface area contributed by atoms with Crippen molar-refractivity contribution in [2.24, 2.45) is 5.14 Å². The molecule has 2 fully saturated rings. The summed E-state index contributed by atoms with van der Waals surface area (Å²) in [5, 5.41) is 7.83. The van der Waals surface area contributed by atoms with Gasteiger partial charge < -0.3 is 15.1 Å². The Hall–Kier alpha value is -2.01. The number of primary sulfonamides is 1. The summed E-state index contributed by atoms with van der Waals surface area (Å²) < 4.78 is 22.5. The van der Waals surface area contributed by atoms with Crippen LogP contribution >= 0.6 is 0 Å². The van der Waals surface area contributed by atoms with Crippen molar-refractivity contribution < 1.29 is 18.0 Å². The molecular weight excluding hydrogens is 394 g/mol. The Morgan fingerprint density at radius 3 is 2.10 bits per heavy atom. The van der Waals surface area contributed by atoms with Gasteiger partial charge in [-0.1, -0.05) is 0 Å². The normalized spacial score (nSPS) is 18.7. The van der Waals surface area contributed by atoms with E-state index >= 15 is 0 Å². The Morgan fingerprint density at radius 2 is 1.52 bits per heavy atom. The maximum atomic E-state index is 12.2. The van der Waals surface area contributed by atoms with Crippen LogP contribution in [0.1, 0.15) is 19.3 Å². The summed E-state index contributed by atoms with van der Waals surface area (Å²) in [6.07, 6.45) is 2.57. The van der Waals surface area contributed by atoms with E-state index in [0.717, 1.165) is 52.1 Å². The van der Waals surface area contributed by atoms with E-state index in [-0.39, 0.29) is 16.7 Å². The van der Waals surface area contributed by atoms with Gasteiger partial charge in [0, 0.05) is 57.9 Å². The zero-order chi connectivity index (χ0) is 20.9. The van der Waals surface area contributed by atoms with E-state index in [2.05, 4.69) is 15.1 Å². The molecular formula is C19H29N5O4S. The molecule has 2 amide bonds. The van der Waals surface area contributed by atoms with Crippen LogP contribution in [0.3, 0.4) is 0 Å². The fraction of sp³-hybridized carbons (Fsp3) is 0.579. The number of anilines is 1. The first kappa shape index (κ1) is 21.7. The number of hydrogen-bond acceptors (Lipinski definition) is 6. The quantitative estimate of drug-likeness (QED) is 0.633. The molecule has 3 rings (SSSR count). The van der Waals surface area contributed by atoms with Gasteiger partial charge in [-0.2, -0.15) is 0 Å². The molecule has 2 heterocycles. The number of sulfonamides is 1. The topological polar surface area (TPSA) is 116 Å². The third kappa shape index (κ3) is 6.49. The molecule has 0 saturated carbocycles. The molecule has 29 heavy (non-hydrogen) atoms. The summed E-state index contributed by atoms with van der Waals surface area (Å²) >= 11 is 0. The van der Waals surface area contributed by atoms with Gasteiger partial charge in [-0.3, -0.25) is 14.5 Å². The molecule has 1 aromatic carbocycles. The van der Waals surface area contributed by atoms with Gasteiger partial charge >= 0.3 is 0 Å². The number of piperazine rings is 1. The lowest BCUT2D eigenvalue weighted by Crippen LogP contribution is -2.50. The lowest BCUT2D eigenvalue weighted by atomic mass is 10.2. The first-order valence-electron chi connectivity index (χ1n) is 9.96. The second kappa shape index (κ2) is 9.66. The maximum Gasteiger partial charge on any atom is 0.238 e. The summed E-state index contributed by atoms with van der Waals surface area (Å²) in [5.41, 5.74) is 0.535. The second-order valence-electron chi connectivity index (χ2n) is 7.57. The van der Waals surface area contributed by atoms with E-state index in [1.807, 2.05) is 4.90 Å². The van der Waals surface area contributed by atoms with E-state index < -0.39 is 10.0 Å². The second-order valence-corrected chi connectivity index (χ2v) is 9.13. The minimum Gasteiger partial charge on any atom is -0.342 e. The van der Waals surface area contributed by atoms with Crippen molar-refractivity contribution in [2.45, 2.75) is 24.2 Å². The van der Waals surface area contributed by atoms with Crippen molar-refractivity contribution in [1.82, 2.24) is 14.7 Å². The van der Waals surface area contributed by atoms with E-state index in [1.54, 1.807) is 0 Å². The molecule has 2 saturated heterocycles. The van der Waals surface area contributed by atoms with Crippen LogP contribution in [0.4, 0.5) is 5.69 Å². The molecule has 2 aliphatic heterocycles. The largest absolute Gasteiger partial charge is 0.342 e. The minimum absolute atomic E-state index is 0.0107. The van der Waals surface area contributed by atoms with Gasteiger partial charge in [0.2, 0.25) is 21.8 Å². The number of carbonyl (C=O) groups is 2. The summed E-state index contributed by atoms with van der Waals surface area (Å²) in [5.74, 6) is 0.101. The van der Waals surface area contributed by atoms with Gasteiger partial charge in [0.25, 0.3) is 0 Å². The van der Waals surface area contributed by atoms with Crippen LogP contribution in [0.5, 0.6) is 0 Å². The van der Waals surface area contributed by atoms with Gasteiger partial charge in [-0.25, -0.2) is 13.6 Å². The van der Waals surface area contributed by atoms with Crippen molar-refractivity contribution in [3.8, 4) is 0 Å². The minimum atomic E-state index is -3.74. The standard InChI is InChI=1S/C19H29N5O4S/c20-29(27,28)17-5-3-16(4-6-17)21-18(25)7-10-22-11-13-23(14-12-22)15-19(26)24-8-1-2-9-24/h3-6H,1-2,7-15H2,(H,21,25)(H2,20,27,28). The van der Waals surface area contributed by atoms with Crippen molar-refractivity contribution in [3.63, 3.8) is 0 Å². The molecule has 1 aromatic rings. The van der Waals surface area contributed by atoms with E-state index in [4.69, 9.17) is 5.14 Å². The number of likely N-dealkylation sites (tertiary alicyclic amines) is 1. The molecule has 160 valence electrons. The molecule has 0 atom stereocenters. The highest BCUT2D eigenvalue weighted by molar-refractivity contribution is 7.89. The Kier molecular flexibility index (Phi) is 7.23. The van der Waals surface area contributed by atoms with Gasteiger partial charge in [0.15, 0.2) is 0 Å². The number of carbonyl (C=O) groups excluding carboxylic acids is 2. The van der Waals surface area contributed by atoms with Crippen molar-refractivity contribution >= 4 is 27.5 Å². The Morgan fingerprint density at radius 1 is 0.931 bits per heavy atom. The molecule has 0 aliphatic carbocycles. The first-order valence-corrected chi connectivity index (χ1v) is 11.5. The number of nitrogens with one attached hydrogen (secondary N) is 1. The van der Waals surface area contributed by atoms with E-state index in [9.17, 15) is 18.0 Å². The molecule has 0 aromatic heterocycles. The highest BCUT2D eigenvalue weighted by atomic mass is 32.2. The maximum absolute atomic E-state index is 12.2. The number of nitrogens with two attached hydrogens (primary N) is 1. The van der Waals surface area contributed by atoms with Gasteiger partial charge in [0.1, 0.15) is 0 Å². The monoisotopic (exact) mass is 423 g/mol. The number of benzene rings is 1. The fourth-order valence-corrected chi connectivity index (χ4v) is 4.16. The predicted molar refractivity (Wildman–Crippen MR) is 110 cm³/mol. The molecule has 0 bridgehead atoms. The molecule has 9 nitrogen and oxygen atoms in total. The smallest absolute Gasteiger partial charge is 0.238 e. The third-order valence-corrected chi connectivity index (χ3v) is 6.33. The Balaban J connectivity index is 1.35. The average Bonchev–Trinajstić information content (AvgIpc) is 3.22. The summed E-state index contributed by atoms with van der Waals surface area (Å²) in [7, 11) is -3.74. The van der Waals surface area contributed by atoms with Crippen LogP contribution in [0.2, 0.25) is 0 Å². The van der Waals surface area contributed by atoms with Crippen molar-refractivity contribution in [3.05, 3.63) is 24.3 Å². The van der Waals surface area contributed by atoms with Gasteiger partial charge in [-0.05, 0) is 37.1 Å². The molecule has 0 radical (unpaired) electrons. The SMILES string of the molecule is NS(=O)(=O)c1ccc(NC(=O)CCN2CCN(CC(=O)N3CCCC3)CC2)cc1. The number of amides is 2. The van der Waals surface area contributed by atoms with Crippen LogP contribution in [-0.2, 0) is 19.6 Å². The fourth-order valence-electron chi connectivity index (χ4n) is 3.64. The average molecular weight is 424 g/mol. The third-order valence-electron chi connectivity index (χ3n) is 5.40. The summed E-state index contributed by atoms with van der Waals surface area (Å²) in [4.78, 5) is 30.8. The molecule has 10 heteroatoms. The lowest BCUT2D eigenvalue weighted by Gasteiger charge is -2.34. The number of hydrogen-bond donors (Lipinski definition) is 2. The van der Waals surface area contributed by atoms with Crippen LogP contribution in [0, 0.1) is 0 Å². The number of rotatable bonds is 7. The molecule has 2 aliphatic rings. The Labute approximate surface area is 171 Å². The first-order chi connectivity index (χ1) is 13.8. The van der Waals surface area contributed by atoms with Crippen LogP contribution in [0.25, 0.3) is 0 Å². The van der Waals surface area contributed by atoms with E-state index in [0.29, 0.717) is 25.2 Å². The van der Waals surface area contributed by atoms with Crippen molar-refractivity contribution in [1.29, 1.82) is 0 Å². The predicted octanol–water partition coefficient (Wildman–Crippen LogP) is -0.0974. The highest BCUT2D eigenvalue weighted by Gasteiger charge is 2.23.